The molecule has 1 aromatic heterocycles. The second-order valence-corrected chi connectivity index (χ2v) is 7.04. The Morgan fingerprint density at radius 1 is 1.03 bits per heavy atom. The number of nitrogens with one attached hydrogen (secondary N) is 2. The van der Waals surface area contributed by atoms with Crippen LogP contribution in [0.15, 0.2) is 71.9 Å². The van der Waals surface area contributed by atoms with Gasteiger partial charge in [0, 0.05) is 44.3 Å². The molecule has 0 radical (unpaired) electrons. The van der Waals surface area contributed by atoms with Gasteiger partial charge in [0.15, 0.2) is 5.96 Å². The molecule has 0 saturated heterocycles. The topological polar surface area (TPSA) is 52.6 Å². The van der Waals surface area contributed by atoms with Crippen molar-refractivity contribution in [3.8, 4) is 0 Å². The van der Waals surface area contributed by atoms with Gasteiger partial charge in [-0.15, -0.1) is 24.0 Å². The quantitative estimate of drug-likeness (QED) is 0.291. The number of pyridine rings is 1. The molecule has 2 aromatic carbocycles. The largest absolute Gasteiger partial charge is 0.355 e. The van der Waals surface area contributed by atoms with Gasteiger partial charge in [-0.25, -0.2) is 0 Å². The molecule has 3 aromatic rings. The molecule has 5 nitrogen and oxygen atoms in total. The molecule has 1 atom stereocenters. The second-order valence-electron chi connectivity index (χ2n) is 7.04. The fourth-order valence-electron chi connectivity index (χ4n) is 3.14. The maximum absolute atomic E-state index is 4.42. The number of halogens is 1. The number of guanidine groups is 1. The lowest BCUT2D eigenvalue weighted by molar-refractivity contribution is 0.249. The van der Waals surface area contributed by atoms with E-state index >= 15 is 0 Å². The Hall–Kier alpha value is -2.19. The molecule has 154 valence electrons. The summed E-state index contributed by atoms with van der Waals surface area (Å²) >= 11 is 0. The van der Waals surface area contributed by atoms with Crippen LogP contribution in [0, 0.1) is 0 Å². The van der Waals surface area contributed by atoms with Crippen LogP contribution < -0.4 is 10.6 Å². The number of nitrogens with zero attached hydrogens (tertiary/aromatic N) is 3. The van der Waals surface area contributed by atoms with Crippen LogP contribution in [0.4, 0.5) is 0 Å². The standard InChI is InChI=1S/C23H29N5.HI/c1-18(28(3)17-19-9-5-4-6-10-19)15-26-23(24-2)27-16-20-13-14-25-22-12-8-7-11-21(20)22;/h4-14,18H,15-17H2,1-3H3,(H2,24,26,27);1H. The Bertz CT molecular complexity index is 908. The number of hydrogen-bond donors (Lipinski definition) is 2. The second kappa shape index (κ2) is 11.7. The summed E-state index contributed by atoms with van der Waals surface area (Å²) in [6.07, 6.45) is 1.86. The van der Waals surface area contributed by atoms with Crippen molar-refractivity contribution < 1.29 is 0 Å². The summed E-state index contributed by atoms with van der Waals surface area (Å²) in [5.74, 6) is 0.806. The third-order valence-electron chi connectivity index (χ3n) is 5.00. The van der Waals surface area contributed by atoms with E-state index in [2.05, 4.69) is 81.9 Å². The van der Waals surface area contributed by atoms with Gasteiger partial charge in [0.1, 0.15) is 0 Å². The van der Waals surface area contributed by atoms with E-state index in [9.17, 15) is 0 Å². The highest BCUT2D eigenvalue weighted by Crippen LogP contribution is 2.15. The van der Waals surface area contributed by atoms with E-state index in [1.54, 1.807) is 7.05 Å². The van der Waals surface area contributed by atoms with Crippen molar-refractivity contribution in [3.05, 3.63) is 78.0 Å². The van der Waals surface area contributed by atoms with E-state index in [1.165, 1.54) is 16.5 Å². The number of likely N-dealkylation sites (N-methyl/N-ethyl adjacent to an activating group) is 1. The van der Waals surface area contributed by atoms with Crippen LogP contribution in [0.1, 0.15) is 18.1 Å². The van der Waals surface area contributed by atoms with Crippen LogP contribution in [-0.2, 0) is 13.1 Å². The Kier molecular flexibility index (Phi) is 9.34. The van der Waals surface area contributed by atoms with Crippen molar-refractivity contribution in [2.24, 2.45) is 4.99 Å². The molecule has 0 fully saturated rings. The minimum Gasteiger partial charge on any atom is -0.355 e. The average Bonchev–Trinajstić information content (AvgIpc) is 2.74. The van der Waals surface area contributed by atoms with Crippen molar-refractivity contribution in [2.75, 3.05) is 20.6 Å². The van der Waals surface area contributed by atoms with E-state index < -0.39 is 0 Å². The summed E-state index contributed by atoms with van der Waals surface area (Å²) < 4.78 is 0. The first-order chi connectivity index (χ1) is 13.7. The number of hydrogen-bond acceptors (Lipinski definition) is 3. The zero-order valence-electron chi connectivity index (χ0n) is 17.3. The van der Waals surface area contributed by atoms with Crippen molar-refractivity contribution in [3.63, 3.8) is 0 Å². The molecule has 1 unspecified atom stereocenters. The fraction of sp³-hybridized carbons (Fsp3) is 0.304. The Labute approximate surface area is 190 Å². The number of rotatable bonds is 7. The van der Waals surface area contributed by atoms with Gasteiger partial charge in [0.25, 0.3) is 0 Å². The molecule has 0 spiro atoms. The smallest absolute Gasteiger partial charge is 0.191 e. The molecule has 3 rings (SSSR count). The third-order valence-corrected chi connectivity index (χ3v) is 5.00. The summed E-state index contributed by atoms with van der Waals surface area (Å²) in [6, 6.07) is 21.2. The van der Waals surface area contributed by atoms with Gasteiger partial charge in [-0.2, -0.15) is 0 Å². The zero-order valence-corrected chi connectivity index (χ0v) is 19.6. The van der Waals surface area contributed by atoms with E-state index in [0.29, 0.717) is 12.6 Å². The maximum atomic E-state index is 4.42. The first-order valence-electron chi connectivity index (χ1n) is 9.68. The zero-order chi connectivity index (χ0) is 19.8. The summed E-state index contributed by atoms with van der Waals surface area (Å²) in [4.78, 5) is 11.1. The van der Waals surface area contributed by atoms with Gasteiger partial charge in [-0.1, -0.05) is 48.5 Å². The SMILES string of the molecule is CN=C(NCc1ccnc2ccccc12)NCC(C)N(C)Cc1ccccc1.I. The van der Waals surface area contributed by atoms with E-state index in [4.69, 9.17) is 0 Å². The molecule has 6 heteroatoms. The van der Waals surface area contributed by atoms with Crippen LogP contribution in [0.2, 0.25) is 0 Å². The fourth-order valence-corrected chi connectivity index (χ4v) is 3.14. The minimum absolute atomic E-state index is 0. The highest BCUT2D eigenvalue weighted by Gasteiger charge is 2.10. The number of fused-ring (bicyclic) bond motifs is 1. The molecule has 0 aliphatic rings. The Balaban J connectivity index is 0.00000300. The number of aliphatic imine (C=N–C) groups is 1. The molecule has 2 N–H and O–H groups in total. The monoisotopic (exact) mass is 503 g/mol. The minimum atomic E-state index is 0. The molecule has 0 aliphatic carbocycles. The molecule has 0 saturated carbocycles. The molecule has 0 bridgehead atoms. The van der Waals surface area contributed by atoms with Crippen LogP contribution in [0.25, 0.3) is 10.9 Å². The third kappa shape index (κ3) is 6.68. The lowest BCUT2D eigenvalue weighted by atomic mass is 10.1. The number of para-hydroxylation sites is 1. The van der Waals surface area contributed by atoms with E-state index in [0.717, 1.165) is 24.6 Å². The van der Waals surface area contributed by atoms with Crippen molar-refractivity contribution >= 4 is 40.8 Å². The lowest BCUT2D eigenvalue weighted by Crippen LogP contribution is -2.44. The molecule has 29 heavy (non-hydrogen) atoms. The molecular weight excluding hydrogens is 473 g/mol. The van der Waals surface area contributed by atoms with Crippen LogP contribution in [-0.4, -0.2) is 42.5 Å². The molecule has 0 amide bonds. The van der Waals surface area contributed by atoms with Crippen molar-refractivity contribution in [1.29, 1.82) is 0 Å². The first-order valence-corrected chi connectivity index (χ1v) is 9.68. The van der Waals surface area contributed by atoms with Gasteiger partial charge >= 0.3 is 0 Å². The van der Waals surface area contributed by atoms with Gasteiger partial charge in [-0.3, -0.25) is 14.9 Å². The average molecular weight is 503 g/mol. The van der Waals surface area contributed by atoms with Crippen LogP contribution >= 0.6 is 24.0 Å². The van der Waals surface area contributed by atoms with E-state index in [1.807, 2.05) is 24.4 Å². The van der Waals surface area contributed by atoms with Crippen molar-refractivity contribution in [1.82, 2.24) is 20.5 Å². The molecule has 1 heterocycles. The number of aromatic nitrogens is 1. The Morgan fingerprint density at radius 3 is 2.52 bits per heavy atom. The first kappa shape index (κ1) is 23.1. The normalized spacial score (nSPS) is 12.5. The molecule has 0 aliphatic heterocycles. The predicted molar refractivity (Wildman–Crippen MR) is 133 cm³/mol. The van der Waals surface area contributed by atoms with Gasteiger partial charge in [-0.05, 0) is 37.2 Å². The Morgan fingerprint density at radius 2 is 1.76 bits per heavy atom. The van der Waals surface area contributed by atoms with E-state index in [-0.39, 0.29) is 24.0 Å². The molecular formula is C23H30IN5. The van der Waals surface area contributed by atoms with Gasteiger partial charge in [0.2, 0.25) is 0 Å². The van der Waals surface area contributed by atoms with Gasteiger partial charge in [0.05, 0.1) is 5.52 Å². The maximum Gasteiger partial charge on any atom is 0.191 e. The van der Waals surface area contributed by atoms with Crippen LogP contribution in [0.3, 0.4) is 0 Å². The number of benzene rings is 2. The summed E-state index contributed by atoms with van der Waals surface area (Å²) in [7, 11) is 3.96. The van der Waals surface area contributed by atoms with Gasteiger partial charge < -0.3 is 10.6 Å². The highest BCUT2D eigenvalue weighted by molar-refractivity contribution is 14.0. The highest BCUT2D eigenvalue weighted by atomic mass is 127. The predicted octanol–water partition coefficient (Wildman–Crippen LogP) is 4.04. The summed E-state index contributed by atoms with van der Waals surface area (Å²) in [5, 5.41) is 8.02. The summed E-state index contributed by atoms with van der Waals surface area (Å²) in [6.45, 7) is 4.68. The lowest BCUT2D eigenvalue weighted by Gasteiger charge is -2.26. The summed E-state index contributed by atoms with van der Waals surface area (Å²) in [5.41, 5.74) is 3.55. The van der Waals surface area contributed by atoms with Crippen LogP contribution in [0.5, 0.6) is 0 Å². The van der Waals surface area contributed by atoms with Crippen molar-refractivity contribution in [2.45, 2.75) is 26.1 Å².